The lowest BCUT2D eigenvalue weighted by Crippen LogP contribution is -2.30. The number of hydrogen-bond acceptors (Lipinski definition) is 4. The SMILES string of the molecule is Cc1c(N2C[C@H]3[C@H](CC[C@H]3OC(=O)c3ccccc3)C2=O)ccc(C#N)c1CI. The number of ether oxygens (including phenoxy) is 1. The minimum absolute atomic E-state index is 0.00765. The molecule has 2 fully saturated rings. The van der Waals surface area contributed by atoms with Crippen molar-refractivity contribution in [2.45, 2.75) is 30.3 Å². The van der Waals surface area contributed by atoms with Gasteiger partial charge >= 0.3 is 5.97 Å². The third-order valence-electron chi connectivity index (χ3n) is 6.12. The van der Waals surface area contributed by atoms with E-state index in [1.807, 2.05) is 36.1 Å². The highest BCUT2D eigenvalue weighted by molar-refractivity contribution is 14.1. The van der Waals surface area contributed by atoms with Gasteiger partial charge in [0.1, 0.15) is 6.10 Å². The Morgan fingerprint density at radius 3 is 2.69 bits per heavy atom. The second-order valence-corrected chi connectivity index (χ2v) is 8.35. The van der Waals surface area contributed by atoms with Crippen LogP contribution in [-0.2, 0) is 14.0 Å². The second kappa shape index (κ2) is 8.15. The number of esters is 1. The maximum absolute atomic E-state index is 13.1. The van der Waals surface area contributed by atoms with Crippen LogP contribution in [0.1, 0.15) is 39.9 Å². The number of alkyl halides is 1. The number of halogens is 1. The summed E-state index contributed by atoms with van der Waals surface area (Å²) in [5, 5.41) is 9.34. The van der Waals surface area contributed by atoms with E-state index in [0.717, 1.165) is 29.7 Å². The van der Waals surface area contributed by atoms with E-state index in [4.69, 9.17) is 4.74 Å². The highest BCUT2D eigenvalue weighted by atomic mass is 127. The summed E-state index contributed by atoms with van der Waals surface area (Å²) in [5.74, 6) is -0.334. The number of nitriles is 1. The predicted molar refractivity (Wildman–Crippen MR) is 118 cm³/mol. The molecule has 5 nitrogen and oxygen atoms in total. The minimum Gasteiger partial charge on any atom is -0.458 e. The summed E-state index contributed by atoms with van der Waals surface area (Å²) in [6.07, 6.45) is 1.21. The number of benzene rings is 2. The first-order chi connectivity index (χ1) is 14.0. The molecule has 1 saturated carbocycles. The third kappa shape index (κ3) is 3.52. The van der Waals surface area contributed by atoms with Crippen molar-refractivity contribution in [3.63, 3.8) is 0 Å². The highest BCUT2D eigenvalue weighted by Gasteiger charge is 2.50. The van der Waals surface area contributed by atoms with Crippen LogP contribution in [0.3, 0.4) is 0 Å². The van der Waals surface area contributed by atoms with E-state index in [2.05, 4.69) is 28.7 Å². The van der Waals surface area contributed by atoms with E-state index in [-0.39, 0.29) is 29.8 Å². The van der Waals surface area contributed by atoms with Gasteiger partial charge in [0.2, 0.25) is 5.91 Å². The zero-order valence-electron chi connectivity index (χ0n) is 16.1. The Bertz CT molecular complexity index is 999. The molecule has 2 aromatic rings. The van der Waals surface area contributed by atoms with Crippen LogP contribution in [0.25, 0.3) is 0 Å². The molecule has 0 radical (unpaired) electrons. The summed E-state index contributed by atoms with van der Waals surface area (Å²) in [4.78, 5) is 27.4. The van der Waals surface area contributed by atoms with Crippen molar-refractivity contribution >= 4 is 40.2 Å². The summed E-state index contributed by atoms with van der Waals surface area (Å²) in [6, 6.07) is 14.9. The van der Waals surface area contributed by atoms with Crippen molar-refractivity contribution in [1.82, 2.24) is 0 Å². The molecule has 2 aliphatic rings. The maximum Gasteiger partial charge on any atom is 0.338 e. The molecule has 1 aliphatic heterocycles. The van der Waals surface area contributed by atoms with Crippen LogP contribution in [0.4, 0.5) is 5.69 Å². The second-order valence-electron chi connectivity index (χ2n) is 7.59. The Balaban J connectivity index is 1.55. The van der Waals surface area contributed by atoms with Gasteiger partial charge in [0, 0.05) is 28.5 Å². The van der Waals surface area contributed by atoms with E-state index in [9.17, 15) is 14.9 Å². The molecule has 0 unspecified atom stereocenters. The molecule has 6 heteroatoms. The molecule has 0 aromatic heterocycles. The van der Waals surface area contributed by atoms with Crippen LogP contribution < -0.4 is 4.90 Å². The lowest BCUT2D eigenvalue weighted by molar-refractivity contribution is -0.120. The first-order valence-electron chi connectivity index (χ1n) is 9.71. The van der Waals surface area contributed by atoms with E-state index in [1.165, 1.54) is 0 Å². The predicted octanol–water partition coefficient (Wildman–Crippen LogP) is 4.40. The Kier molecular flexibility index (Phi) is 5.59. The van der Waals surface area contributed by atoms with Crippen LogP contribution in [0.5, 0.6) is 0 Å². The van der Waals surface area contributed by atoms with E-state index in [1.54, 1.807) is 18.2 Å². The fourth-order valence-corrected chi connectivity index (χ4v) is 5.52. The van der Waals surface area contributed by atoms with E-state index < -0.39 is 0 Å². The summed E-state index contributed by atoms with van der Waals surface area (Å²) < 4.78 is 6.51. The van der Waals surface area contributed by atoms with Crippen molar-refractivity contribution in [3.8, 4) is 6.07 Å². The molecule has 0 spiro atoms. The number of anilines is 1. The van der Waals surface area contributed by atoms with Gasteiger partial charge < -0.3 is 9.64 Å². The lowest BCUT2D eigenvalue weighted by Gasteiger charge is -2.24. The Morgan fingerprint density at radius 2 is 2.00 bits per heavy atom. The van der Waals surface area contributed by atoms with Crippen LogP contribution in [0.15, 0.2) is 42.5 Å². The zero-order chi connectivity index (χ0) is 20.5. The molecule has 1 aliphatic carbocycles. The topological polar surface area (TPSA) is 70.4 Å². The smallest absolute Gasteiger partial charge is 0.338 e. The lowest BCUT2D eigenvalue weighted by atomic mass is 9.99. The summed E-state index contributed by atoms with van der Waals surface area (Å²) in [7, 11) is 0. The first kappa shape index (κ1) is 19.9. The minimum atomic E-state index is -0.330. The number of carbonyl (C=O) groups is 2. The van der Waals surface area contributed by atoms with Crippen LogP contribution >= 0.6 is 22.6 Å². The monoisotopic (exact) mass is 500 g/mol. The standard InChI is InChI=1S/C23H21IN2O3/c1-14-18(11-24)16(12-25)7-9-20(14)26-13-19-17(22(26)27)8-10-21(19)29-23(28)15-5-3-2-4-6-15/h2-7,9,17,19,21H,8,10-11,13H2,1H3/t17-,19-,21+/m0/s1. The largest absolute Gasteiger partial charge is 0.458 e. The molecular weight excluding hydrogens is 479 g/mol. The molecule has 2 aromatic carbocycles. The van der Waals surface area contributed by atoms with Crippen molar-refractivity contribution < 1.29 is 14.3 Å². The normalized spacial score (nSPS) is 23.0. The van der Waals surface area contributed by atoms with E-state index in [0.29, 0.717) is 22.1 Å². The van der Waals surface area contributed by atoms with Crippen molar-refractivity contribution in [2.24, 2.45) is 11.8 Å². The molecule has 4 rings (SSSR count). The number of rotatable bonds is 4. The van der Waals surface area contributed by atoms with Crippen molar-refractivity contribution in [2.75, 3.05) is 11.4 Å². The van der Waals surface area contributed by atoms with Gasteiger partial charge in [-0.15, -0.1) is 0 Å². The molecule has 148 valence electrons. The summed E-state index contributed by atoms with van der Waals surface area (Å²) in [6.45, 7) is 2.52. The van der Waals surface area contributed by atoms with Gasteiger partial charge in [-0.05, 0) is 55.2 Å². The Labute approximate surface area is 183 Å². The van der Waals surface area contributed by atoms with Gasteiger partial charge in [0.05, 0.1) is 17.2 Å². The molecule has 1 saturated heterocycles. The first-order valence-corrected chi connectivity index (χ1v) is 11.2. The molecule has 0 bridgehead atoms. The quantitative estimate of drug-likeness (QED) is 0.355. The number of carbonyl (C=O) groups excluding carboxylic acids is 2. The number of amides is 1. The van der Waals surface area contributed by atoms with Gasteiger partial charge in [-0.2, -0.15) is 5.26 Å². The van der Waals surface area contributed by atoms with Crippen LogP contribution in [0.2, 0.25) is 0 Å². The van der Waals surface area contributed by atoms with Crippen LogP contribution in [0, 0.1) is 30.1 Å². The highest BCUT2D eigenvalue weighted by Crippen LogP contribution is 2.43. The van der Waals surface area contributed by atoms with Gasteiger partial charge in [-0.3, -0.25) is 4.79 Å². The molecule has 1 amide bonds. The zero-order valence-corrected chi connectivity index (χ0v) is 18.3. The Morgan fingerprint density at radius 1 is 1.24 bits per heavy atom. The number of fused-ring (bicyclic) bond motifs is 1. The fourth-order valence-electron chi connectivity index (χ4n) is 4.54. The molecule has 1 heterocycles. The number of hydrogen-bond donors (Lipinski definition) is 0. The van der Waals surface area contributed by atoms with Gasteiger partial charge in [-0.25, -0.2) is 4.79 Å². The Hall–Kier alpha value is -2.40. The number of nitrogens with zero attached hydrogens (tertiary/aromatic N) is 2. The van der Waals surface area contributed by atoms with Gasteiger partial charge in [-0.1, -0.05) is 40.8 Å². The average Bonchev–Trinajstić information content (AvgIpc) is 3.28. The molecular formula is C23H21IN2O3. The molecule has 3 atom stereocenters. The summed E-state index contributed by atoms with van der Waals surface area (Å²) in [5.41, 5.74) is 4.00. The molecule has 0 N–H and O–H groups in total. The van der Waals surface area contributed by atoms with Crippen molar-refractivity contribution in [3.05, 3.63) is 64.7 Å². The summed E-state index contributed by atoms with van der Waals surface area (Å²) >= 11 is 2.25. The third-order valence-corrected chi connectivity index (χ3v) is 6.88. The average molecular weight is 500 g/mol. The van der Waals surface area contributed by atoms with Gasteiger partial charge in [0.15, 0.2) is 0 Å². The van der Waals surface area contributed by atoms with Crippen LogP contribution in [-0.4, -0.2) is 24.5 Å². The van der Waals surface area contributed by atoms with E-state index >= 15 is 0 Å². The van der Waals surface area contributed by atoms with Crippen molar-refractivity contribution in [1.29, 1.82) is 5.26 Å². The van der Waals surface area contributed by atoms with Gasteiger partial charge in [0.25, 0.3) is 0 Å². The fraction of sp³-hybridized carbons (Fsp3) is 0.348. The molecule has 29 heavy (non-hydrogen) atoms. The maximum atomic E-state index is 13.1.